The summed E-state index contributed by atoms with van der Waals surface area (Å²) in [6.45, 7) is 8.38. The molecule has 0 aliphatic carbocycles. The number of hydrogen-bond acceptors (Lipinski definition) is 5. The third kappa shape index (κ3) is 9.06. The van der Waals surface area contributed by atoms with Crippen LogP contribution < -0.4 is 14.4 Å². The molecule has 0 aromatic heterocycles. The van der Waals surface area contributed by atoms with E-state index in [4.69, 9.17) is 27.9 Å². The van der Waals surface area contributed by atoms with Crippen molar-refractivity contribution in [2.24, 2.45) is 5.92 Å². The van der Waals surface area contributed by atoms with E-state index in [9.17, 15) is 18.0 Å². The zero-order valence-corrected chi connectivity index (χ0v) is 24.9. The van der Waals surface area contributed by atoms with Gasteiger partial charge in [-0.2, -0.15) is 0 Å². The zero-order valence-electron chi connectivity index (χ0n) is 22.5. The number of carbonyl (C=O) groups excluding carboxylic acids is 2. The summed E-state index contributed by atoms with van der Waals surface area (Å²) in [5, 5.41) is 3.65. The number of benzene rings is 2. The Morgan fingerprint density at radius 2 is 1.66 bits per heavy atom. The number of nitrogens with zero attached hydrogens (tertiary/aromatic N) is 2. The second kappa shape index (κ2) is 14.6. The summed E-state index contributed by atoms with van der Waals surface area (Å²) >= 11 is 12.7. The Bertz CT molecular complexity index is 1190. The number of halogens is 2. The molecule has 0 aliphatic heterocycles. The maximum Gasteiger partial charge on any atom is 0.242 e. The van der Waals surface area contributed by atoms with E-state index in [1.54, 1.807) is 49.4 Å². The maximum atomic E-state index is 13.5. The van der Waals surface area contributed by atoms with Gasteiger partial charge in [-0.15, -0.1) is 0 Å². The van der Waals surface area contributed by atoms with Gasteiger partial charge in [0.05, 0.1) is 18.6 Å². The van der Waals surface area contributed by atoms with Crippen LogP contribution in [0.1, 0.15) is 46.1 Å². The van der Waals surface area contributed by atoms with Crippen molar-refractivity contribution in [2.45, 2.75) is 53.1 Å². The third-order valence-electron chi connectivity index (χ3n) is 5.83. The lowest BCUT2D eigenvalue weighted by Gasteiger charge is -2.30. The van der Waals surface area contributed by atoms with E-state index in [1.165, 1.54) is 9.21 Å². The molecule has 2 rings (SSSR count). The second-order valence-electron chi connectivity index (χ2n) is 9.38. The number of para-hydroxylation sites is 2. The summed E-state index contributed by atoms with van der Waals surface area (Å²) in [4.78, 5) is 27.8. The molecule has 8 nitrogen and oxygen atoms in total. The molecule has 2 amide bonds. The fraction of sp³-hybridized carbons (Fsp3) is 0.481. The average Bonchev–Trinajstić information content (AvgIpc) is 2.84. The van der Waals surface area contributed by atoms with Gasteiger partial charge in [0.1, 0.15) is 11.8 Å². The summed E-state index contributed by atoms with van der Waals surface area (Å²) in [6.07, 6.45) is 1.34. The molecule has 0 radical (unpaired) electrons. The van der Waals surface area contributed by atoms with Crippen molar-refractivity contribution in [3.05, 3.63) is 58.1 Å². The standard InChI is InChI=1S/C27H37Cl2N3O5S/c1-6-37-25-14-8-7-13-24(25)32(38(5,35)36)16-10-15-26(33)31(20(4)27(34)30-17-19(2)3)18-21-22(28)11-9-12-23(21)29/h7-9,11-14,19-20H,6,10,15-18H2,1-5H3,(H,30,34)/t20-/m0/s1. The summed E-state index contributed by atoms with van der Waals surface area (Å²) in [6, 6.07) is 11.1. The minimum Gasteiger partial charge on any atom is -0.492 e. The summed E-state index contributed by atoms with van der Waals surface area (Å²) in [7, 11) is -3.65. The molecule has 0 spiro atoms. The van der Waals surface area contributed by atoms with Gasteiger partial charge in [0.15, 0.2) is 0 Å². The second-order valence-corrected chi connectivity index (χ2v) is 12.1. The van der Waals surface area contributed by atoms with E-state index in [0.29, 0.717) is 40.2 Å². The molecule has 0 saturated carbocycles. The molecule has 0 bridgehead atoms. The summed E-state index contributed by atoms with van der Waals surface area (Å²) < 4.78 is 32.1. The average molecular weight is 587 g/mol. The molecule has 1 N–H and O–H groups in total. The van der Waals surface area contributed by atoms with Gasteiger partial charge in [-0.3, -0.25) is 13.9 Å². The van der Waals surface area contributed by atoms with Crippen molar-refractivity contribution >= 4 is 50.7 Å². The van der Waals surface area contributed by atoms with Gasteiger partial charge >= 0.3 is 0 Å². The Morgan fingerprint density at radius 1 is 1.03 bits per heavy atom. The number of hydrogen-bond donors (Lipinski definition) is 1. The molecule has 0 fully saturated rings. The van der Waals surface area contributed by atoms with Crippen LogP contribution >= 0.6 is 23.2 Å². The molecule has 2 aromatic rings. The maximum absolute atomic E-state index is 13.5. The van der Waals surface area contributed by atoms with Gasteiger partial charge in [0, 0.05) is 41.7 Å². The Hall–Kier alpha value is -2.49. The number of sulfonamides is 1. The van der Waals surface area contributed by atoms with Crippen LogP contribution in [0.4, 0.5) is 5.69 Å². The van der Waals surface area contributed by atoms with Gasteiger partial charge in [-0.05, 0) is 50.5 Å². The SMILES string of the molecule is CCOc1ccccc1N(CCCC(=O)N(Cc1c(Cl)cccc1Cl)[C@@H](C)C(=O)NCC(C)C)S(C)(=O)=O. The summed E-state index contributed by atoms with van der Waals surface area (Å²) in [5.74, 6) is 0.0744. The summed E-state index contributed by atoms with van der Waals surface area (Å²) in [5.41, 5.74) is 0.946. The lowest BCUT2D eigenvalue weighted by molar-refractivity contribution is -0.140. The molecule has 2 aromatic carbocycles. The lowest BCUT2D eigenvalue weighted by atomic mass is 10.1. The predicted molar refractivity (Wildman–Crippen MR) is 153 cm³/mol. The van der Waals surface area contributed by atoms with Gasteiger partial charge in [0.25, 0.3) is 0 Å². The van der Waals surface area contributed by atoms with Gasteiger partial charge in [0.2, 0.25) is 21.8 Å². The topological polar surface area (TPSA) is 96.0 Å². The number of nitrogens with one attached hydrogen (secondary N) is 1. The van der Waals surface area contributed by atoms with Crippen LogP contribution in [0.5, 0.6) is 5.75 Å². The Labute approximate surface area is 236 Å². The minimum absolute atomic E-state index is 0.00664. The van der Waals surface area contributed by atoms with Crippen LogP contribution in [0, 0.1) is 5.92 Å². The van der Waals surface area contributed by atoms with Crippen molar-refractivity contribution < 1.29 is 22.7 Å². The van der Waals surface area contributed by atoms with E-state index in [-0.39, 0.29) is 43.7 Å². The fourth-order valence-corrected chi connectivity index (χ4v) is 5.30. The molecule has 0 aliphatic rings. The monoisotopic (exact) mass is 585 g/mol. The van der Waals surface area contributed by atoms with Crippen molar-refractivity contribution in [1.82, 2.24) is 10.2 Å². The molecule has 0 saturated heterocycles. The minimum atomic E-state index is -3.65. The van der Waals surface area contributed by atoms with Crippen LogP contribution in [0.25, 0.3) is 0 Å². The number of anilines is 1. The van der Waals surface area contributed by atoms with E-state index in [0.717, 1.165) is 6.26 Å². The molecule has 0 unspecified atom stereocenters. The predicted octanol–water partition coefficient (Wildman–Crippen LogP) is 5.13. The van der Waals surface area contributed by atoms with Gasteiger partial charge in [-0.25, -0.2) is 8.42 Å². The number of amides is 2. The van der Waals surface area contributed by atoms with E-state index in [1.807, 2.05) is 20.8 Å². The highest BCUT2D eigenvalue weighted by Crippen LogP contribution is 2.31. The van der Waals surface area contributed by atoms with E-state index < -0.39 is 16.1 Å². The van der Waals surface area contributed by atoms with Crippen LogP contribution in [0.3, 0.4) is 0 Å². The zero-order chi connectivity index (χ0) is 28.5. The first-order valence-electron chi connectivity index (χ1n) is 12.6. The Kier molecular flexibility index (Phi) is 12.2. The molecule has 11 heteroatoms. The highest BCUT2D eigenvalue weighted by Gasteiger charge is 2.28. The normalized spacial score (nSPS) is 12.2. The van der Waals surface area contributed by atoms with Crippen LogP contribution in [-0.4, -0.2) is 57.1 Å². The smallest absolute Gasteiger partial charge is 0.242 e. The van der Waals surface area contributed by atoms with Crippen LogP contribution in [0.15, 0.2) is 42.5 Å². The van der Waals surface area contributed by atoms with Gasteiger partial charge in [-0.1, -0.05) is 55.2 Å². The van der Waals surface area contributed by atoms with Crippen molar-refractivity contribution in [3.8, 4) is 5.75 Å². The van der Waals surface area contributed by atoms with Crippen LogP contribution in [-0.2, 0) is 26.2 Å². The molecular weight excluding hydrogens is 549 g/mol. The first-order chi connectivity index (χ1) is 17.9. The first-order valence-corrected chi connectivity index (χ1v) is 15.2. The molecule has 0 heterocycles. The van der Waals surface area contributed by atoms with Crippen molar-refractivity contribution in [3.63, 3.8) is 0 Å². The van der Waals surface area contributed by atoms with E-state index >= 15 is 0 Å². The third-order valence-corrected chi connectivity index (χ3v) is 7.72. The number of ether oxygens (including phenoxy) is 1. The highest BCUT2D eigenvalue weighted by molar-refractivity contribution is 7.92. The number of carbonyl (C=O) groups is 2. The van der Waals surface area contributed by atoms with Crippen molar-refractivity contribution in [1.29, 1.82) is 0 Å². The molecular formula is C27H37Cl2N3O5S. The lowest BCUT2D eigenvalue weighted by Crippen LogP contribution is -2.48. The first kappa shape index (κ1) is 31.7. The number of rotatable bonds is 14. The quantitative estimate of drug-likeness (QED) is 0.331. The van der Waals surface area contributed by atoms with Crippen LogP contribution in [0.2, 0.25) is 10.0 Å². The van der Waals surface area contributed by atoms with Gasteiger partial charge < -0.3 is 15.0 Å². The van der Waals surface area contributed by atoms with E-state index in [2.05, 4.69) is 5.32 Å². The molecule has 210 valence electrons. The fourth-order valence-electron chi connectivity index (χ4n) is 3.81. The largest absolute Gasteiger partial charge is 0.492 e. The van der Waals surface area contributed by atoms with Crippen molar-refractivity contribution in [2.75, 3.05) is 30.3 Å². The molecule has 1 atom stereocenters. The Morgan fingerprint density at radius 3 is 2.24 bits per heavy atom. The molecule has 38 heavy (non-hydrogen) atoms. The Balaban J connectivity index is 2.25. The highest BCUT2D eigenvalue weighted by atomic mass is 35.5.